The van der Waals surface area contributed by atoms with E-state index in [1.165, 1.54) is 0 Å². The minimum Gasteiger partial charge on any atom is -0.395 e. The van der Waals surface area contributed by atoms with Crippen molar-refractivity contribution in [2.24, 2.45) is 0 Å². The molecule has 0 bridgehead atoms. The summed E-state index contributed by atoms with van der Waals surface area (Å²) < 4.78 is 0. The van der Waals surface area contributed by atoms with Gasteiger partial charge in [0.15, 0.2) is 0 Å². The minimum atomic E-state index is 0.100. The van der Waals surface area contributed by atoms with E-state index in [2.05, 4.69) is 15.3 Å². The Kier molecular flexibility index (Phi) is 2.55. The molecule has 0 saturated carbocycles. The smallest absolute Gasteiger partial charge is 0.0964 e. The van der Waals surface area contributed by atoms with Crippen LogP contribution in [0.15, 0.2) is 30.7 Å². The van der Waals surface area contributed by atoms with Crippen LogP contribution >= 0.6 is 0 Å². The molecular weight excluding hydrogens is 178 g/mol. The Balaban J connectivity index is 2.43. The lowest BCUT2D eigenvalue weighted by Gasteiger charge is -2.06. The van der Waals surface area contributed by atoms with Crippen molar-refractivity contribution in [2.45, 2.75) is 0 Å². The molecule has 0 aliphatic heterocycles. The maximum absolute atomic E-state index is 8.70. The third kappa shape index (κ3) is 1.65. The van der Waals surface area contributed by atoms with Crippen molar-refractivity contribution in [3.05, 3.63) is 30.7 Å². The Bertz CT molecular complexity index is 425. The molecule has 2 heterocycles. The number of fused-ring (bicyclic) bond motifs is 1. The molecule has 0 aliphatic rings. The molecule has 4 heteroatoms. The van der Waals surface area contributed by atoms with Gasteiger partial charge in [-0.2, -0.15) is 0 Å². The van der Waals surface area contributed by atoms with Crippen molar-refractivity contribution in [1.82, 2.24) is 9.97 Å². The number of aromatic nitrogens is 2. The zero-order chi connectivity index (χ0) is 9.80. The Labute approximate surface area is 81.6 Å². The maximum atomic E-state index is 8.70. The number of anilines is 1. The fourth-order valence-corrected chi connectivity index (χ4v) is 1.32. The first-order chi connectivity index (χ1) is 6.92. The first kappa shape index (κ1) is 8.90. The van der Waals surface area contributed by atoms with E-state index in [1.807, 2.05) is 12.1 Å². The molecule has 2 N–H and O–H groups in total. The largest absolute Gasteiger partial charge is 0.395 e. The zero-order valence-corrected chi connectivity index (χ0v) is 7.64. The van der Waals surface area contributed by atoms with Crippen LogP contribution in [0, 0.1) is 0 Å². The summed E-state index contributed by atoms with van der Waals surface area (Å²) in [5, 5.41) is 12.8. The summed E-state index contributed by atoms with van der Waals surface area (Å²) in [7, 11) is 0. The van der Waals surface area contributed by atoms with Gasteiger partial charge >= 0.3 is 0 Å². The van der Waals surface area contributed by atoms with Crippen molar-refractivity contribution in [1.29, 1.82) is 0 Å². The molecule has 0 saturated heterocycles. The van der Waals surface area contributed by atoms with E-state index < -0.39 is 0 Å². The first-order valence-electron chi connectivity index (χ1n) is 4.45. The second-order valence-electron chi connectivity index (χ2n) is 2.91. The summed E-state index contributed by atoms with van der Waals surface area (Å²) in [4.78, 5) is 8.33. The Morgan fingerprint density at radius 2 is 2.29 bits per heavy atom. The van der Waals surface area contributed by atoms with E-state index >= 15 is 0 Å². The number of nitrogens with one attached hydrogen (secondary N) is 1. The predicted molar refractivity (Wildman–Crippen MR) is 55.1 cm³/mol. The van der Waals surface area contributed by atoms with Crippen molar-refractivity contribution in [3.63, 3.8) is 0 Å². The number of nitrogens with zero attached hydrogens (tertiary/aromatic N) is 2. The summed E-state index contributed by atoms with van der Waals surface area (Å²) in [6.45, 7) is 0.612. The third-order valence-electron chi connectivity index (χ3n) is 1.94. The van der Waals surface area contributed by atoms with Crippen LogP contribution in [0.4, 0.5) is 5.69 Å². The molecule has 0 aromatic carbocycles. The molecular formula is C10H11N3O. The van der Waals surface area contributed by atoms with Crippen molar-refractivity contribution >= 4 is 16.6 Å². The topological polar surface area (TPSA) is 58.0 Å². The summed E-state index contributed by atoms with van der Waals surface area (Å²) in [5.41, 5.74) is 1.74. The Morgan fingerprint density at radius 3 is 3.14 bits per heavy atom. The van der Waals surface area contributed by atoms with Crippen LogP contribution in [0.5, 0.6) is 0 Å². The van der Waals surface area contributed by atoms with Gasteiger partial charge in [-0.1, -0.05) is 0 Å². The number of rotatable bonds is 3. The number of hydrogen-bond acceptors (Lipinski definition) is 4. The van der Waals surface area contributed by atoms with Gasteiger partial charge in [0.25, 0.3) is 0 Å². The van der Waals surface area contributed by atoms with Crippen molar-refractivity contribution in [3.8, 4) is 0 Å². The predicted octanol–water partition coefficient (Wildman–Crippen LogP) is 1.03. The molecule has 0 amide bonds. The summed E-state index contributed by atoms with van der Waals surface area (Å²) in [6.07, 6.45) is 5.23. The molecule has 0 unspecified atom stereocenters. The van der Waals surface area contributed by atoms with Crippen LogP contribution < -0.4 is 5.32 Å². The van der Waals surface area contributed by atoms with E-state index in [4.69, 9.17) is 5.11 Å². The highest BCUT2D eigenvalue weighted by Crippen LogP contribution is 2.18. The van der Waals surface area contributed by atoms with Gasteiger partial charge in [-0.15, -0.1) is 0 Å². The van der Waals surface area contributed by atoms with Gasteiger partial charge in [0.05, 0.1) is 24.0 Å². The second kappa shape index (κ2) is 4.02. The molecule has 2 aromatic rings. The van der Waals surface area contributed by atoms with Gasteiger partial charge in [0.2, 0.25) is 0 Å². The average molecular weight is 189 g/mol. The number of aliphatic hydroxyl groups is 1. The Hall–Kier alpha value is -1.68. The summed E-state index contributed by atoms with van der Waals surface area (Å²) in [5.74, 6) is 0. The van der Waals surface area contributed by atoms with Crippen LogP contribution in [0.1, 0.15) is 0 Å². The van der Waals surface area contributed by atoms with E-state index in [0.29, 0.717) is 6.54 Å². The van der Waals surface area contributed by atoms with Gasteiger partial charge in [-0.05, 0) is 12.1 Å². The lowest BCUT2D eigenvalue weighted by molar-refractivity contribution is 0.311. The van der Waals surface area contributed by atoms with Crippen LogP contribution in [0.25, 0.3) is 10.9 Å². The fraction of sp³-hybridized carbons (Fsp3) is 0.200. The number of hydrogen-bond donors (Lipinski definition) is 2. The zero-order valence-electron chi connectivity index (χ0n) is 7.64. The van der Waals surface area contributed by atoms with Crippen LogP contribution in [0.2, 0.25) is 0 Å². The third-order valence-corrected chi connectivity index (χ3v) is 1.94. The average Bonchev–Trinajstić information content (AvgIpc) is 2.26. The quantitative estimate of drug-likeness (QED) is 0.757. The van der Waals surface area contributed by atoms with Crippen LogP contribution in [0.3, 0.4) is 0 Å². The first-order valence-corrected chi connectivity index (χ1v) is 4.45. The summed E-state index contributed by atoms with van der Waals surface area (Å²) >= 11 is 0. The lowest BCUT2D eigenvalue weighted by atomic mass is 10.2. The SMILES string of the molecule is OCCNc1cncc2cccnc12. The summed E-state index contributed by atoms with van der Waals surface area (Å²) in [6, 6.07) is 3.83. The molecule has 0 spiro atoms. The highest BCUT2D eigenvalue weighted by molar-refractivity contribution is 5.88. The van der Waals surface area contributed by atoms with Crippen LogP contribution in [-0.2, 0) is 0 Å². The monoisotopic (exact) mass is 189 g/mol. The fourth-order valence-electron chi connectivity index (χ4n) is 1.32. The van der Waals surface area contributed by atoms with Crippen molar-refractivity contribution in [2.75, 3.05) is 18.5 Å². The van der Waals surface area contributed by atoms with Gasteiger partial charge in [-0.3, -0.25) is 9.97 Å². The Morgan fingerprint density at radius 1 is 1.36 bits per heavy atom. The standard InChI is InChI=1S/C10H11N3O/c14-5-4-12-9-7-11-6-8-2-1-3-13-10(8)9/h1-3,6-7,12,14H,4-5H2. The normalized spacial score (nSPS) is 10.4. The molecule has 72 valence electrons. The lowest BCUT2D eigenvalue weighted by Crippen LogP contribution is -2.06. The molecule has 0 aliphatic carbocycles. The van der Waals surface area contributed by atoms with E-state index in [9.17, 15) is 0 Å². The van der Waals surface area contributed by atoms with E-state index in [1.54, 1.807) is 18.6 Å². The molecule has 0 atom stereocenters. The van der Waals surface area contributed by atoms with Gasteiger partial charge in [0, 0.05) is 24.3 Å². The van der Waals surface area contributed by atoms with Crippen molar-refractivity contribution < 1.29 is 5.11 Å². The van der Waals surface area contributed by atoms with Crippen LogP contribution in [-0.4, -0.2) is 28.2 Å². The highest BCUT2D eigenvalue weighted by atomic mass is 16.3. The highest BCUT2D eigenvalue weighted by Gasteiger charge is 2.00. The molecule has 14 heavy (non-hydrogen) atoms. The number of pyridine rings is 2. The molecule has 0 fully saturated rings. The van der Waals surface area contributed by atoms with E-state index in [0.717, 1.165) is 16.6 Å². The van der Waals surface area contributed by atoms with Gasteiger partial charge in [-0.25, -0.2) is 0 Å². The van der Waals surface area contributed by atoms with Gasteiger partial charge in [0.1, 0.15) is 0 Å². The molecule has 2 aromatic heterocycles. The molecule has 4 nitrogen and oxygen atoms in total. The van der Waals surface area contributed by atoms with Gasteiger partial charge < -0.3 is 10.4 Å². The molecule has 0 radical (unpaired) electrons. The second-order valence-corrected chi connectivity index (χ2v) is 2.91. The minimum absolute atomic E-state index is 0.100. The molecule has 2 rings (SSSR count). The van der Waals surface area contributed by atoms with E-state index in [-0.39, 0.29) is 6.61 Å². The number of aliphatic hydroxyl groups excluding tert-OH is 1. The maximum Gasteiger partial charge on any atom is 0.0964 e.